The van der Waals surface area contributed by atoms with E-state index in [2.05, 4.69) is 37.4 Å². The summed E-state index contributed by atoms with van der Waals surface area (Å²) in [6, 6.07) is 9.42. The molecular weight excluding hydrogens is 210 g/mol. The van der Waals surface area contributed by atoms with Crippen LogP contribution in [0.25, 0.3) is 0 Å². The number of benzene rings is 1. The van der Waals surface area contributed by atoms with Gasteiger partial charge >= 0.3 is 0 Å². The lowest BCUT2D eigenvalue weighted by Crippen LogP contribution is -2.33. The van der Waals surface area contributed by atoms with Crippen molar-refractivity contribution in [2.75, 3.05) is 7.11 Å². The molecule has 1 N–H and O–H groups in total. The van der Waals surface area contributed by atoms with E-state index in [1.807, 2.05) is 6.07 Å². The van der Waals surface area contributed by atoms with E-state index in [1.54, 1.807) is 7.11 Å². The van der Waals surface area contributed by atoms with Crippen LogP contribution in [0.2, 0.25) is 0 Å². The molecule has 1 aliphatic carbocycles. The normalized spacial score (nSPS) is 25.8. The van der Waals surface area contributed by atoms with Crippen molar-refractivity contribution < 1.29 is 4.74 Å². The molecular formula is C15H23NO. The van der Waals surface area contributed by atoms with E-state index in [0.717, 1.165) is 11.7 Å². The Morgan fingerprint density at radius 3 is 2.82 bits per heavy atom. The van der Waals surface area contributed by atoms with Gasteiger partial charge in [-0.15, -0.1) is 0 Å². The summed E-state index contributed by atoms with van der Waals surface area (Å²) in [6.45, 7) is 4.59. The lowest BCUT2D eigenvalue weighted by Gasteiger charge is -2.23. The number of hydrogen-bond acceptors (Lipinski definition) is 2. The molecule has 3 unspecified atom stereocenters. The summed E-state index contributed by atoms with van der Waals surface area (Å²) in [6.07, 6.45) is 4.04. The van der Waals surface area contributed by atoms with Gasteiger partial charge < -0.3 is 10.1 Å². The van der Waals surface area contributed by atoms with E-state index < -0.39 is 0 Å². The van der Waals surface area contributed by atoms with Gasteiger partial charge in [-0.05, 0) is 43.4 Å². The van der Waals surface area contributed by atoms with Crippen molar-refractivity contribution in [2.24, 2.45) is 5.92 Å². The van der Waals surface area contributed by atoms with Crippen LogP contribution in [0.4, 0.5) is 0 Å². The Labute approximate surface area is 104 Å². The van der Waals surface area contributed by atoms with Gasteiger partial charge in [0.2, 0.25) is 0 Å². The maximum atomic E-state index is 5.27. The molecule has 2 heteroatoms. The third kappa shape index (κ3) is 3.01. The molecule has 1 aliphatic rings. The maximum Gasteiger partial charge on any atom is 0.119 e. The van der Waals surface area contributed by atoms with Crippen LogP contribution in [0.1, 0.15) is 44.7 Å². The van der Waals surface area contributed by atoms with Gasteiger partial charge in [0.1, 0.15) is 5.75 Å². The molecule has 2 rings (SSSR count). The second kappa shape index (κ2) is 5.54. The highest BCUT2D eigenvalue weighted by molar-refractivity contribution is 5.30. The molecule has 1 fully saturated rings. The van der Waals surface area contributed by atoms with Gasteiger partial charge in [0, 0.05) is 12.1 Å². The second-order valence-corrected chi connectivity index (χ2v) is 5.18. The van der Waals surface area contributed by atoms with E-state index in [9.17, 15) is 0 Å². The highest BCUT2D eigenvalue weighted by atomic mass is 16.5. The smallest absolute Gasteiger partial charge is 0.119 e. The molecule has 0 heterocycles. The van der Waals surface area contributed by atoms with Crippen molar-refractivity contribution in [2.45, 2.75) is 45.2 Å². The Morgan fingerprint density at radius 1 is 1.35 bits per heavy atom. The molecule has 94 valence electrons. The first-order chi connectivity index (χ1) is 8.20. The van der Waals surface area contributed by atoms with Gasteiger partial charge in [0.25, 0.3) is 0 Å². The van der Waals surface area contributed by atoms with Crippen molar-refractivity contribution in [3.63, 3.8) is 0 Å². The number of hydrogen-bond donors (Lipinski definition) is 1. The van der Waals surface area contributed by atoms with E-state index in [1.165, 1.54) is 24.8 Å². The molecule has 1 saturated carbocycles. The number of methoxy groups -OCH3 is 1. The summed E-state index contributed by atoms with van der Waals surface area (Å²) >= 11 is 0. The fraction of sp³-hybridized carbons (Fsp3) is 0.600. The Bertz CT molecular complexity index is 364. The number of rotatable bonds is 4. The molecule has 0 spiro atoms. The molecule has 3 atom stereocenters. The number of nitrogens with one attached hydrogen (secondary N) is 1. The predicted octanol–water partition coefficient (Wildman–Crippen LogP) is 3.53. The summed E-state index contributed by atoms with van der Waals surface area (Å²) in [5, 5.41) is 3.74. The third-order valence-electron chi connectivity index (χ3n) is 3.92. The Morgan fingerprint density at radius 2 is 2.18 bits per heavy atom. The topological polar surface area (TPSA) is 21.3 Å². The Kier molecular flexibility index (Phi) is 4.06. The van der Waals surface area contributed by atoms with Crippen LogP contribution in [0.3, 0.4) is 0 Å². The van der Waals surface area contributed by atoms with Crippen molar-refractivity contribution in [1.29, 1.82) is 0 Å². The van der Waals surface area contributed by atoms with E-state index in [0.29, 0.717) is 12.1 Å². The molecule has 2 nitrogen and oxygen atoms in total. The zero-order valence-electron chi connectivity index (χ0n) is 11.1. The molecule has 0 bridgehead atoms. The average Bonchev–Trinajstić information content (AvgIpc) is 2.75. The van der Waals surface area contributed by atoms with E-state index in [4.69, 9.17) is 4.74 Å². The molecule has 1 aromatic carbocycles. The zero-order chi connectivity index (χ0) is 12.3. The van der Waals surface area contributed by atoms with Crippen LogP contribution in [0, 0.1) is 5.92 Å². The van der Waals surface area contributed by atoms with Crippen molar-refractivity contribution in [1.82, 2.24) is 5.32 Å². The highest BCUT2D eigenvalue weighted by Gasteiger charge is 2.24. The molecule has 0 amide bonds. The summed E-state index contributed by atoms with van der Waals surface area (Å²) in [5.41, 5.74) is 1.31. The van der Waals surface area contributed by atoms with Crippen LogP contribution in [-0.4, -0.2) is 13.2 Å². The quantitative estimate of drug-likeness (QED) is 0.859. The lowest BCUT2D eigenvalue weighted by molar-refractivity contribution is 0.385. The fourth-order valence-corrected chi connectivity index (χ4v) is 2.72. The first kappa shape index (κ1) is 12.4. The SMILES string of the molecule is COc1cccc(C(C)NC2CCCC2C)c1. The van der Waals surface area contributed by atoms with Crippen molar-refractivity contribution in [3.8, 4) is 5.75 Å². The minimum atomic E-state index is 0.399. The zero-order valence-corrected chi connectivity index (χ0v) is 11.1. The van der Waals surface area contributed by atoms with Crippen molar-refractivity contribution in [3.05, 3.63) is 29.8 Å². The first-order valence-corrected chi connectivity index (χ1v) is 6.60. The minimum absolute atomic E-state index is 0.399. The average molecular weight is 233 g/mol. The summed E-state index contributed by atoms with van der Waals surface area (Å²) in [4.78, 5) is 0. The monoisotopic (exact) mass is 233 g/mol. The van der Waals surface area contributed by atoms with Crippen LogP contribution >= 0.6 is 0 Å². The van der Waals surface area contributed by atoms with Gasteiger partial charge in [-0.1, -0.05) is 25.5 Å². The van der Waals surface area contributed by atoms with Gasteiger partial charge in [-0.2, -0.15) is 0 Å². The third-order valence-corrected chi connectivity index (χ3v) is 3.92. The molecule has 0 saturated heterocycles. The first-order valence-electron chi connectivity index (χ1n) is 6.60. The van der Waals surface area contributed by atoms with E-state index in [-0.39, 0.29) is 0 Å². The van der Waals surface area contributed by atoms with Gasteiger partial charge in [-0.3, -0.25) is 0 Å². The summed E-state index contributed by atoms with van der Waals surface area (Å²) in [7, 11) is 1.72. The minimum Gasteiger partial charge on any atom is -0.497 e. The van der Waals surface area contributed by atoms with Gasteiger partial charge in [0.05, 0.1) is 7.11 Å². The second-order valence-electron chi connectivity index (χ2n) is 5.18. The molecule has 0 aromatic heterocycles. The maximum absolute atomic E-state index is 5.27. The van der Waals surface area contributed by atoms with Crippen LogP contribution in [0.5, 0.6) is 5.75 Å². The molecule has 0 radical (unpaired) electrons. The van der Waals surface area contributed by atoms with Crippen molar-refractivity contribution >= 4 is 0 Å². The molecule has 17 heavy (non-hydrogen) atoms. The van der Waals surface area contributed by atoms with Crippen LogP contribution in [0.15, 0.2) is 24.3 Å². The predicted molar refractivity (Wildman–Crippen MR) is 71.3 cm³/mol. The summed E-state index contributed by atoms with van der Waals surface area (Å²) in [5.74, 6) is 1.75. The van der Waals surface area contributed by atoms with E-state index >= 15 is 0 Å². The van der Waals surface area contributed by atoms with Gasteiger partial charge in [0.15, 0.2) is 0 Å². The van der Waals surface area contributed by atoms with Crippen LogP contribution in [-0.2, 0) is 0 Å². The standard InChI is InChI=1S/C15H23NO/c1-11-6-4-9-15(11)16-12(2)13-7-5-8-14(10-13)17-3/h5,7-8,10-12,15-16H,4,6,9H2,1-3H3. The van der Waals surface area contributed by atoms with Crippen LogP contribution < -0.4 is 10.1 Å². The van der Waals surface area contributed by atoms with Gasteiger partial charge in [-0.25, -0.2) is 0 Å². The number of ether oxygens (including phenoxy) is 1. The highest BCUT2D eigenvalue weighted by Crippen LogP contribution is 2.28. The summed E-state index contributed by atoms with van der Waals surface area (Å²) < 4.78 is 5.27. The molecule has 0 aliphatic heterocycles. The lowest BCUT2D eigenvalue weighted by atomic mass is 10.0. The largest absolute Gasteiger partial charge is 0.497 e. The molecule has 1 aromatic rings. The Balaban J connectivity index is 2.00. The Hall–Kier alpha value is -1.02. The fourth-order valence-electron chi connectivity index (χ4n) is 2.72.